The largest absolute Gasteiger partial charge is 0.496 e. The van der Waals surface area contributed by atoms with Crippen molar-refractivity contribution in [2.75, 3.05) is 20.2 Å². The standard InChI is InChI=1S/C24H27NO3/c1-28-23-14-22-19(13-21(23)16-26)12-20(24(22)27)11-17-7-9-25(10-8-17)15-18-5-3-2-4-6-18/h2-6,11,13-14,17,26H,7-10,12,15-16H2,1H3. The zero-order valence-electron chi connectivity index (χ0n) is 16.4. The molecule has 0 bridgehead atoms. The minimum atomic E-state index is -0.0798. The number of aliphatic hydroxyl groups is 1. The third kappa shape index (κ3) is 3.89. The minimum Gasteiger partial charge on any atom is -0.496 e. The van der Waals surface area contributed by atoms with Gasteiger partial charge in [-0.25, -0.2) is 0 Å². The highest BCUT2D eigenvalue weighted by Gasteiger charge is 2.28. The zero-order chi connectivity index (χ0) is 19.5. The molecule has 2 aromatic carbocycles. The molecule has 0 aromatic heterocycles. The van der Waals surface area contributed by atoms with Crippen molar-refractivity contribution in [3.05, 3.63) is 76.4 Å². The molecule has 1 saturated heterocycles. The number of benzene rings is 2. The molecule has 0 saturated carbocycles. The van der Waals surface area contributed by atoms with Gasteiger partial charge in [0, 0.05) is 29.7 Å². The van der Waals surface area contributed by atoms with E-state index in [1.165, 1.54) is 5.56 Å². The zero-order valence-corrected chi connectivity index (χ0v) is 16.4. The molecule has 2 aliphatic rings. The van der Waals surface area contributed by atoms with Crippen molar-refractivity contribution in [2.45, 2.75) is 32.4 Å². The molecule has 1 aliphatic heterocycles. The molecule has 4 nitrogen and oxygen atoms in total. The number of Topliss-reactive ketones (excluding diaryl/α,β-unsaturated/α-hetero) is 1. The number of hydrogen-bond donors (Lipinski definition) is 1. The number of rotatable bonds is 5. The number of nitrogens with zero attached hydrogens (tertiary/aromatic N) is 1. The Morgan fingerprint density at radius 1 is 1.18 bits per heavy atom. The summed E-state index contributed by atoms with van der Waals surface area (Å²) in [4.78, 5) is 15.3. The molecule has 0 amide bonds. The third-order valence-corrected chi connectivity index (χ3v) is 5.91. The molecule has 1 fully saturated rings. The SMILES string of the molecule is COc1cc2c(cc1CO)CC(=CC1CCN(Cc3ccccc3)CC1)C2=O. The molecule has 4 heteroatoms. The Morgan fingerprint density at radius 2 is 1.93 bits per heavy atom. The van der Waals surface area contributed by atoms with Crippen LogP contribution in [-0.2, 0) is 19.6 Å². The molecule has 1 heterocycles. The summed E-state index contributed by atoms with van der Waals surface area (Å²) in [5.41, 5.74) is 4.72. The van der Waals surface area contributed by atoms with E-state index in [0.717, 1.165) is 54.7 Å². The summed E-state index contributed by atoms with van der Waals surface area (Å²) in [6.07, 6.45) is 5.04. The van der Waals surface area contributed by atoms with Gasteiger partial charge < -0.3 is 9.84 Å². The maximum Gasteiger partial charge on any atom is 0.189 e. The molecule has 2 aromatic rings. The molecule has 0 unspecified atom stereocenters. The van der Waals surface area contributed by atoms with Crippen LogP contribution in [0.3, 0.4) is 0 Å². The Morgan fingerprint density at radius 3 is 2.61 bits per heavy atom. The Labute approximate surface area is 166 Å². The van der Waals surface area contributed by atoms with Crippen LogP contribution in [0.1, 0.15) is 39.9 Å². The van der Waals surface area contributed by atoms with E-state index >= 15 is 0 Å². The summed E-state index contributed by atoms with van der Waals surface area (Å²) in [6, 6.07) is 14.3. The van der Waals surface area contributed by atoms with Crippen LogP contribution >= 0.6 is 0 Å². The highest BCUT2D eigenvalue weighted by molar-refractivity contribution is 6.13. The van der Waals surface area contributed by atoms with E-state index < -0.39 is 0 Å². The first-order valence-electron chi connectivity index (χ1n) is 10.00. The molecule has 146 valence electrons. The van der Waals surface area contributed by atoms with E-state index in [2.05, 4.69) is 41.3 Å². The Bertz CT molecular complexity index is 880. The lowest BCUT2D eigenvalue weighted by Crippen LogP contribution is -2.32. The molecule has 28 heavy (non-hydrogen) atoms. The van der Waals surface area contributed by atoms with Crippen molar-refractivity contribution in [1.29, 1.82) is 0 Å². The minimum absolute atomic E-state index is 0.0798. The van der Waals surface area contributed by atoms with Crippen LogP contribution in [0.4, 0.5) is 0 Å². The predicted molar refractivity (Wildman–Crippen MR) is 109 cm³/mol. The van der Waals surface area contributed by atoms with Gasteiger partial charge in [-0.15, -0.1) is 0 Å². The van der Waals surface area contributed by atoms with Gasteiger partial charge in [0.15, 0.2) is 5.78 Å². The lowest BCUT2D eigenvalue weighted by molar-refractivity contribution is 0.103. The average Bonchev–Trinajstić information content (AvgIpc) is 3.03. The quantitative estimate of drug-likeness (QED) is 0.806. The van der Waals surface area contributed by atoms with Crippen molar-refractivity contribution >= 4 is 5.78 Å². The van der Waals surface area contributed by atoms with E-state index in [1.807, 2.05) is 6.07 Å². The number of ether oxygens (including phenoxy) is 1. The fourth-order valence-electron chi connectivity index (χ4n) is 4.34. The second-order valence-electron chi connectivity index (χ2n) is 7.78. The number of allylic oxidation sites excluding steroid dienone is 2. The molecule has 0 radical (unpaired) electrons. The summed E-state index contributed by atoms with van der Waals surface area (Å²) >= 11 is 0. The Kier molecular flexibility index (Phi) is 5.60. The fraction of sp³-hybridized carbons (Fsp3) is 0.375. The molecule has 1 N–H and O–H groups in total. The van der Waals surface area contributed by atoms with Crippen LogP contribution in [-0.4, -0.2) is 36.0 Å². The fourth-order valence-corrected chi connectivity index (χ4v) is 4.34. The van der Waals surface area contributed by atoms with Crippen molar-refractivity contribution in [3.63, 3.8) is 0 Å². The highest BCUT2D eigenvalue weighted by atomic mass is 16.5. The number of aliphatic hydroxyl groups excluding tert-OH is 1. The molecular weight excluding hydrogens is 350 g/mol. The van der Waals surface area contributed by atoms with Crippen LogP contribution < -0.4 is 4.74 Å². The predicted octanol–water partition coefficient (Wildman–Crippen LogP) is 3.76. The number of methoxy groups -OCH3 is 1. The van der Waals surface area contributed by atoms with E-state index in [-0.39, 0.29) is 12.4 Å². The van der Waals surface area contributed by atoms with Crippen molar-refractivity contribution < 1.29 is 14.6 Å². The molecule has 4 rings (SSSR count). The van der Waals surface area contributed by atoms with Crippen LogP contribution in [0.2, 0.25) is 0 Å². The monoisotopic (exact) mass is 377 g/mol. The second kappa shape index (κ2) is 8.29. The molecule has 1 aliphatic carbocycles. The van der Waals surface area contributed by atoms with Gasteiger partial charge in [-0.05, 0) is 55.1 Å². The Balaban J connectivity index is 1.41. The van der Waals surface area contributed by atoms with Gasteiger partial charge in [0.2, 0.25) is 0 Å². The normalized spacial score (nSPS) is 19.2. The summed E-state index contributed by atoms with van der Waals surface area (Å²) < 4.78 is 5.32. The van der Waals surface area contributed by atoms with Crippen molar-refractivity contribution in [2.24, 2.45) is 5.92 Å². The second-order valence-corrected chi connectivity index (χ2v) is 7.78. The number of hydrogen-bond acceptors (Lipinski definition) is 4. The maximum atomic E-state index is 12.8. The first kappa shape index (κ1) is 18.9. The van der Waals surface area contributed by atoms with Crippen LogP contribution in [0, 0.1) is 5.92 Å². The Hall–Kier alpha value is -2.43. The maximum absolute atomic E-state index is 12.8. The first-order valence-corrected chi connectivity index (χ1v) is 10.00. The van der Waals surface area contributed by atoms with E-state index in [9.17, 15) is 9.90 Å². The molecular formula is C24H27NO3. The third-order valence-electron chi connectivity index (χ3n) is 5.91. The van der Waals surface area contributed by atoms with Gasteiger partial charge in [0.1, 0.15) is 5.75 Å². The van der Waals surface area contributed by atoms with Gasteiger partial charge in [0.25, 0.3) is 0 Å². The lowest BCUT2D eigenvalue weighted by atomic mass is 9.93. The number of fused-ring (bicyclic) bond motifs is 1. The van der Waals surface area contributed by atoms with Crippen LogP contribution in [0.25, 0.3) is 0 Å². The van der Waals surface area contributed by atoms with Gasteiger partial charge >= 0.3 is 0 Å². The number of carbonyl (C=O) groups excluding carboxylic acids is 1. The van der Waals surface area contributed by atoms with E-state index in [1.54, 1.807) is 13.2 Å². The first-order chi connectivity index (χ1) is 13.7. The number of piperidine rings is 1. The lowest BCUT2D eigenvalue weighted by Gasteiger charge is -2.30. The average molecular weight is 377 g/mol. The van der Waals surface area contributed by atoms with Gasteiger partial charge in [-0.2, -0.15) is 0 Å². The van der Waals surface area contributed by atoms with E-state index in [0.29, 0.717) is 18.1 Å². The van der Waals surface area contributed by atoms with Crippen LogP contribution in [0.5, 0.6) is 5.75 Å². The molecule has 0 atom stereocenters. The number of carbonyl (C=O) groups is 1. The van der Waals surface area contributed by atoms with Crippen LogP contribution in [0.15, 0.2) is 54.1 Å². The summed E-state index contributed by atoms with van der Waals surface area (Å²) in [5.74, 6) is 1.16. The smallest absolute Gasteiger partial charge is 0.189 e. The van der Waals surface area contributed by atoms with Gasteiger partial charge in [0.05, 0.1) is 13.7 Å². The summed E-state index contributed by atoms with van der Waals surface area (Å²) in [6.45, 7) is 3.04. The van der Waals surface area contributed by atoms with Gasteiger partial charge in [-0.3, -0.25) is 9.69 Å². The topological polar surface area (TPSA) is 49.8 Å². The van der Waals surface area contributed by atoms with Crippen molar-refractivity contribution in [3.8, 4) is 5.75 Å². The number of likely N-dealkylation sites (tertiary alicyclic amines) is 1. The highest BCUT2D eigenvalue weighted by Crippen LogP contribution is 2.34. The van der Waals surface area contributed by atoms with Crippen molar-refractivity contribution in [1.82, 2.24) is 4.90 Å². The molecule has 0 spiro atoms. The number of ketones is 1. The van der Waals surface area contributed by atoms with E-state index in [4.69, 9.17) is 4.74 Å². The summed E-state index contributed by atoms with van der Waals surface area (Å²) in [7, 11) is 1.57. The van der Waals surface area contributed by atoms with Gasteiger partial charge in [-0.1, -0.05) is 36.4 Å². The summed E-state index contributed by atoms with van der Waals surface area (Å²) in [5, 5.41) is 9.52.